The number of anilines is 5. The van der Waals surface area contributed by atoms with Crippen LogP contribution in [0.15, 0.2) is 72.9 Å². The summed E-state index contributed by atoms with van der Waals surface area (Å²) in [5.41, 5.74) is 23.1. The van der Waals surface area contributed by atoms with E-state index in [-0.39, 0.29) is 85.5 Å². The zero-order chi connectivity index (χ0) is 92.3. The first-order valence-electron chi connectivity index (χ1n) is 38.2. The van der Waals surface area contributed by atoms with Crippen molar-refractivity contribution in [2.24, 2.45) is 0 Å². The van der Waals surface area contributed by atoms with E-state index in [9.17, 15) is 95.5 Å². The molecule has 6 fully saturated rings. The fourth-order valence-corrected chi connectivity index (χ4v) is 20.4. The number of fused-ring (bicyclic) bond motifs is 5. The van der Waals surface area contributed by atoms with Gasteiger partial charge in [0.25, 0.3) is 27.8 Å². The Kier molecular flexibility index (Phi) is 25.1. The number of aliphatic hydroxyl groups excluding tert-OH is 1. The fraction of sp³-hybridized carbons (Fsp3) is 0.517. The SMILES string of the molecule is Cc1cn(C2CC(O)C(COP(=O)(O)OC3CC(n4cnc5c(=O)[nH]c(N)nc54)OC3COP(=O)(O)OC3CC(n4cnc5c(=O)[nH]c(N)nc54)OC3COP(=O)(O)OC3CC(n4cnc5c(=O)[nH]c(N)nc54)OC3COP(=O)(O)OC3CC(n4cnc5c(N)ncnc54)OC3COP(=O)(O)OC3CC(n4cnc5c(=O)[nH]c(N)nc54)OC3COP(=O)(O)O)O2)c(=O)[nH]c1=O. The summed E-state index contributed by atoms with van der Waals surface area (Å²) >= 11 is 0. The Morgan fingerprint density at radius 2 is 0.623 bits per heavy atom. The van der Waals surface area contributed by atoms with E-state index in [2.05, 4.69) is 84.3 Å². The largest absolute Gasteiger partial charge is 0.472 e. The van der Waals surface area contributed by atoms with Crippen LogP contribution in [0.1, 0.15) is 81.5 Å². The number of aromatic nitrogens is 22. The molecule has 17 rings (SSSR count). The predicted octanol–water partition coefficient (Wildman–Crippen LogP) is -3.17. The topological polar surface area (TPSA) is 904 Å². The minimum Gasteiger partial charge on any atom is -0.390 e. The first-order chi connectivity index (χ1) is 61.4. The van der Waals surface area contributed by atoms with E-state index in [1.54, 1.807) is 0 Å². The summed E-state index contributed by atoms with van der Waals surface area (Å²) in [7, 11) is -33.1. The number of rotatable bonds is 34. The first-order valence-corrected chi connectivity index (χ1v) is 47.2. The maximum atomic E-state index is 14.7. The number of phosphoric ester groups is 6. The molecule has 0 amide bonds. The summed E-state index contributed by atoms with van der Waals surface area (Å²) in [6.07, 6.45) is -23.3. The minimum atomic E-state index is -5.71. The second-order valence-electron chi connectivity index (χ2n) is 29.7. The zero-order valence-electron chi connectivity index (χ0n) is 66.0. The molecular weight excluding hydrogens is 1880 g/mol. The van der Waals surface area contributed by atoms with Crippen molar-refractivity contribution < 1.29 is 145 Å². The number of ether oxygens (including phenoxy) is 6. The normalized spacial score (nSPS) is 28.6. The van der Waals surface area contributed by atoms with E-state index in [4.69, 9.17) is 102 Å². The summed E-state index contributed by atoms with van der Waals surface area (Å²) < 4.78 is 188. The number of nitrogen functional groups attached to an aromatic ring is 5. The molecule has 11 aromatic rings. The monoisotopic (exact) mass is 1950 g/mol. The molecule has 64 nitrogen and oxygen atoms in total. The number of nitrogens with one attached hydrogen (secondary N) is 5. The summed E-state index contributed by atoms with van der Waals surface area (Å²) in [5, 5.41) is 10.9. The highest BCUT2D eigenvalue weighted by Crippen LogP contribution is 2.57. The lowest BCUT2D eigenvalue weighted by atomic mass is 10.2. The number of phosphoric acid groups is 6. The Hall–Kier alpha value is -9.99. The van der Waals surface area contributed by atoms with Crippen LogP contribution >= 0.6 is 46.9 Å². The maximum Gasteiger partial charge on any atom is 0.472 e. The van der Waals surface area contributed by atoms with Gasteiger partial charge < -0.3 is 96.4 Å². The van der Waals surface area contributed by atoms with Crippen LogP contribution in [0.2, 0.25) is 0 Å². The molecule has 0 spiro atoms. The fourth-order valence-electron chi connectivity index (χ4n) is 15.2. The Morgan fingerprint density at radius 3 is 0.931 bits per heavy atom. The van der Waals surface area contributed by atoms with Crippen molar-refractivity contribution in [3.8, 4) is 0 Å². The number of nitrogens with zero attached hydrogens (tertiary/aromatic N) is 17. The molecule has 0 aromatic carbocycles. The molecule has 0 aliphatic carbocycles. The van der Waals surface area contributed by atoms with Crippen LogP contribution in [0.4, 0.5) is 29.6 Å². The van der Waals surface area contributed by atoms with Gasteiger partial charge >= 0.3 is 52.6 Å². The van der Waals surface area contributed by atoms with E-state index in [0.29, 0.717) is 0 Å². The van der Waals surface area contributed by atoms with E-state index in [1.165, 1.54) is 33.1 Å². The highest BCUT2D eigenvalue weighted by atomic mass is 31.2. The van der Waals surface area contributed by atoms with Gasteiger partial charge in [0, 0.05) is 50.3 Å². The zero-order valence-corrected chi connectivity index (χ0v) is 71.4. The summed E-state index contributed by atoms with van der Waals surface area (Å²) in [5.74, 6) is -1.64. The molecule has 0 saturated carbocycles. The molecule has 6 aliphatic heterocycles. The highest BCUT2D eigenvalue weighted by molar-refractivity contribution is 7.48. The van der Waals surface area contributed by atoms with Gasteiger partial charge in [0.2, 0.25) is 23.8 Å². The number of H-pyrrole nitrogens is 5. The summed E-state index contributed by atoms with van der Waals surface area (Å²) in [4.78, 5) is 210. The van der Waals surface area contributed by atoms with Crippen LogP contribution in [-0.2, 0) is 106 Å². The quantitative estimate of drug-likeness (QED) is 0.0177. The average Bonchev–Trinajstić information content (AvgIpc) is 1.63. The van der Waals surface area contributed by atoms with Crippen molar-refractivity contribution in [1.82, 2.24) is 107 Å². The van der Waals surface area contributed by atoms with Gasteiger partial charge in [-0.15, -0.1) is 0 Å². The van der Waals surface area contributed by atoms with Crippen LogP contribution in [0.5, 0.6) is 0 Å². The number of aromatic amines is 5. The molecule has 23 N–H and O–H groups in total. The van der Waals surface area contributed by atoms with Crippen molar-refractivity contribution >= 4 is 132 Å². The van der Waals surface area contributed by atoms with Crippen LogP contribution in [0.25, 0.3) is 55.8 Å². The van der Waals surface area contributed by atoms with Crippen molar-refractivity contribution in [2.75, 3.05) is 68.3 Å². The molecule has 11 aromatic heterocycles. The molecule has 130 heavy (non-hydrogen) atoms. The van der Waals surface area contributed by atoms with Gasteiger partial charge in [-0.3, -0.25) is 126 Å². The number of nitrogens with two attached hydrogens (primary N) is 5. The Labute approximate surface area is 718 Å². The van der Waals surface area contributed by atoms with Gasteiger partial charge in [0.05, 0.1) is 77.4 Å². The first kappa shape index (κ1) is 91.9. The third kappa shape index (κ3) is 19.8. The number of imidazole rings is 5. The average molecular weight is 1950 g/mol. The third-order valence-electron chi connectivity index (χ3n) is 21.1. The van der Waals surface area contributed by atoms with Crippen LogP contribution < -0.4 is 62.2 Å². The standard InChI is InChI=1S/C60H75N27O37P6/c1-21-8-82(60(94)81-51(21)89)34-2-22(88)28(114-34)9-109-126(98,99)121-25-5-37(85-18-70-42-48(85)74-57(63)78-53(42)91)117-31(25)12-112-129(104,105)123-27-7-39(87-20-72-44-50(87)76-59(65)80-55(44)93)119-33(27)14-113-130(106,107)124-26-6-38(86-19-71-43-49(86)75-58(64)79-54(43)92)118-32(26)13-111-128(102,103)122-24-3-35(83-16-68-40-45(61)66-15-67-46(40)83)116-30(24)11-110-127(100,101)120-23-4-36(115-29(23)10-108-125(95,96)97)84-17-69-41-47(84)73-56(62)77-52(41)90/h8,15-20,22-39,88H,2-7,9-14H2,1H3,(H,98,99)(H,100,101)(H,102,103)(H,104,105)(H,106,107)(H2,61,66,67)(H,81,89,94)(H2,95,96,97)(H3,62,73,77,90)(H3,63,74,78,91)(H3,64,75,79,92)(H3,65,76,80,93). The van der Waals surface area contributed by atoms with E-state index in [1.807, 2.05) is 0 Å². The van der Waals surface area contributed by atoms with Crippen molar-refractivity contribution in [1.29, 1.82) is 0 Å². The van der Waals surface area contributed by atoms with Crippen molar-refractivity contribution in [3.05, 3.63) is 112 Å². The summed E-state index contributed by atoms with van der Waals surface area (Å²) in [6, 6.07) is 0. The van der Waals surface area contributed by atoms with Crippen LogP contribution in [-0.4, -0.2) is 259 Å². The molecule has 6 saturated heterocycles. The van der Waals surface area contributed by atoms with Crippen LogP contribution in [0, 0.1) is 6.92 Å². The van der Waals surface area contributed by atoms with Gasteiger partial charge in [-0.25, -0.2) is 67.1 Å². The minimum absolute atomic E-state index is 0.0452. The molecule has 23 atom stereocenters. The molecule has 0 radical (unpaired) electrons. The summed E-state index contributed by atoms with van der Waals surface area (Å²) in [6.45, 7) is -4.89. The Balaban J connectivity index is 0.598. The van der Waals surface area contributed by atoms with Crippen molar-refractivity contribution in [2.45, 2.75) is 156 Å². The van der Waals surface area contributed by atoms with Gasteiger partial charge in [0.1, 0.15) is 116 Å². The smallest absolute Gasteiger partial charge is 0.390 e. The predicted molar refractivity (Wildman–Crippen MR) is 424 cm³/mol. The number of hydrogen-bond acceptors (Lipinski definition) is 46. The molecule has 702 valence electrons. The Morgan fingerprint density at radius 1 is 0.354 bits per heavy atom. The van der Waals surface area contributed by atoms with Gasteiger partial charge in [-0.1, -0.05) is 0 Å². The number of hydrogen-bond donors (Lipinski definition) is 18. The van der Waals surface area contributed by atoms with Gasteiger partial charge in [0.15, 0.2) is 56.1 Å². The second kappa shape index (κ2) is 35.5. The lowest BCUT2D eigenvalue weighted by Gasteiger charge is -2.26. The molecule has 23 unspecified atom stereocenters. The molecule has 0 bridgehead atoms. The Bertz CT molecular complexity index is 6890. The van der Waals surface area contributed by atoms with Gasteiger partial charge in [-0.05, 0) is 6.92 Å². The third-order valence-corrected chi connectivity index (χ3v) is 26.6. The lowest BCUT2D eigenvalue weighted by molar-refractivity contribution is -0.0639. The second-order valence-corrected chi connectivity index (χ2v) is 38.0. The lowest BCUT2D eigenvalue weighted by Crippen LogP contribution is -2.33. The number of aryl methyl sites for hydroxylation is 1. The van der Waals surface area contributed by atoms with Crippen molar-refractivity contribution in [3.63, 3.8) is 0 Å². The molecule has 6 aliphatic rings. The molecular formula is C60H75N27O37P6. The van der Waals surface area contributed by atoms with E-state index in [0.717, 1.165) is 45.3 Å². The number of aliphatic hydroxyl groups is 1. The molecule has 17 heterocycles. The van der Waals surface area contributed by atoms with Crippen LogP contribution in [0.3, 0.4) is 0 Å². The highest BCUT2D eigenvalue weighted by Gasteiger charge is 2.52. The van der Waals surface area contributed by atoms with E-state index < -0.39 is 275 Å². The van der Waals surface area contributed by atoms with Gasteiger partial charge in [-0.2, -0.15) is 19.9 Å². The maximum absolute atomic E-state index is 14.7. The molecule has 70 heteroatoms. The van der Waals surface area contributed by atoms with E-state index >= 15 is 0 Å².